The molecule has 2 aromatic carbocycles. The lowest BCUT2D eigenvalue weighted by Crippen LogP contribution is -2.35. The highest BCUT2D eigenvalue weighted by molar-refractivity contribution is 7.09. The highest BCUT2D eigenvalue weighted by atomic mass is 32.1. The number of benzene rings is 2. The third-order valence-electron chi connectivity index (χ3n) is 4.21. The van der Waals surface area contributed by atoms with E-state index in [0.717, 1.165) is 16.9 Å². The summed E-state index contributed by atoms with van der Waals surface area (Å²) >= 11 is 1.59. The van der Waals surface area contributed by atoms with Gasteiger partial charge in [-0.2, -0.15) is 0 Å². The van der Waals surface area contributed by atoms with E-state index in [2.05, 4.69) is 0 Å². The van der Waals surface area contributed by atoms with E-state index in [4.69, 9.17) is 4.74 Å². The zero-order valence-electron chi connectivity index (χ0n) is 15.2. The molecule has 0 radical (unpaired) electrons. The first-order valence-corrected chi connectivity index (χ1v) is 9.72. The van der Waals surface area contributed by atoms with Crippen molar-refractivity contribution in [1.29, 1.82) is 0 Å². The largest absolute Gasteiger partial charge is 0.477 e. The number of nitro groups is 1. The van der Waals surface area contributed by atoms with Gasteiger partial charge in [0.05, 0.1) is 11.5 Å². The van der Waals surface area contributed by atoms with Gasteiger partial charge in [-0.3, -0.25) is 14.9 Å². The van der Waals surface area contributed by atoms with Crippen LogP contribution in [0, 0.1) is 10.1 Å². The number of thiophene rings is 1. The lowest BCUT2D eigenvalue weighted by Gasteiger charge is -2.22. The summed E-state index contributed by atoms with van der Waals surface area (Å²) in [6.07, 6.45) is 0.726. The van der Waals surface area contributed by atoms with Crippen LogP contribution in [0.2, 0.25) is 0 Å². The normalized spacial score (nSPS) is 10.4. The van der Waals surface area contributed by atoms with Gasteiger partial charge in [0.1, 0.15) is 0 Å². The standard InChI is InChI=1S/C21H20N2O4S/c24-21(16-27-20-11-5-4-10-19(20)23(25)26)22(15-18-9-6-14-28-18)13-12-17-7-2-1-3-8-17/h1-11,14H,12-13,15-16H2. The molecule has 0 aliphatic heterocycles. The zero-order valence-corrected chi connectivity index (χ0v) is 16.0. The molecular weight excluding hydrogens is 376 g/mol. The minimum Gasteiger partial charge on any atom is -0.477 e. The number of rotatable bonds is 9. The molecule has 28 heavy (non-hydrogen) atoms. The average molecular weight is 396 g/mol. The van der Waals surface area contributed by atoms with E-state index in [1.165, 1.54) is 12.1 Å². The molecule has 6 nitrogen and oxygen atoms in total. The van der Waals surface area contributed by atoms with Crippen LogP contribution in [0.15, 0.2) is 72.1 Å². The Balaban J connectivity index is 1.66. The highest BCUT2D eigenvalue weighted by Crippen LogP contribution is 2.25. The maximum atomic E-state index is 12.8. The van der Waals surface area contributed by atoms with Crippen LogP contribution in [0.3, 0.4) is 0 Å². The monoisotopic (exact) mass is 396 g/mol. The van der Waals surface area contributed by atoms with E-state index in [1.54, 1.807) is 28.4 Å². The zero-order chi connectivity index (χ0) is 19.8. The van der Waals surface area contributed by atoms with Crippen LogP contribution in [-0.4, -0.2) is 28.9 Å². The predicted molar refractivity (Wildman–Crippen MR) is 108 cm³/mol. The smallest absolute Gasteiger partial charge is 0.310 e. The number of nitro benzene ring substituents is 1. The molecule has 0 aliphatic rings. The van der Waals surface area contributed by atoms with Crippen molar-refractivity contribution in [1.82, 2.24) is 4.90 Å². The summed E-state index contributed by atoms with van der Waals surface area (Å²) < 4.78 is 5.48. The summed E-state index contributed by atoms with van der Waals surface area (Å²) in [5, 5.41) is 13.1. The third-order valence-corrected chi connectivity index (χ3v) is 5.07. The summed E-state index contributed by atoms with van der Waals surface area (Å²) in [6.45, 7) is 0.787. The minimum atomic E-state index is -0.515. The predicted octanol–water partition coefficient (Wildman–Crippen LogP) is 4.31. The Hall–Kier alpha value is -3.19. The van der Waals surface area contributed by atoms with Crippen LogP contribution in [0.25, 0.3) is 0 Å². The molecule has 0 aliphatic carbocycles. The molecule has 0 N–H and O–H groups in total. The molecule has 0 spiro atoms. The van der Waals surface area contributed by atoms with Gasteiger partial charge >= 0.3 is 5.69 Å². The molecule has 1 aromatic heterocycles. The quantitative estimate of drug-likeness (QED) is 0.399. The number of hydrogen-bond acceptors (Lipinski definition) is 5. The van der Waals surface area contributed by atoms with Crippen molar-refractivity contribution in [2.45, 2.75) is 13.0 Å². The Labute approximate surface area is 167 Å². The summed E-state index contributed by atoms with van der Waals surface area (Å²) in [7, 11) is 0. The molecule has 0 atom stereocenters. The maximum Gasteiger partial charge on any atom is 0.310 e. The number of amides is 1. The Morgan fingerprint density at radius 3 is 2.50 bits per heavy atom. The van der Waals surface area contributed by atoms with Crippen LogP contribution >= 0.6 is 11.3 Å². The molecule has 0 fully saturated rings. The van der Waals surface area contributed by atoms with Crippen LogP contribution in [0.4, 0.5) is 5.69 Å². The van der Waals surface area contributed by atoms with Gasteiger partial charge in [-0.25, -0.2) is 0 Å². The second-order valence-corrected chi connectivity index (χ2v) is 7.18. The SMILES string of the molecule is O=C(COc1ccccc1[N+](=O)[O-])N(CCc1ccccc1)Cc1cccs1. The van der Waals surface area contributed by atoms with E-state index in [-0.39, 0.29) is 24.0 Å². The van der Waals surface area contributed by atoms with E-state index >= 15 is 0 Å². The number of carbonyl (C=O) groups excluding carboxylic acids is 1. The van der Waals surface area contributed by atoms with E-state index in [9.17, 15) is 14.9 Å². The van der Waals surface area contributed by atoms with E-state index < -0.39 is 4.92 Å². The topological polar surface area (TPSA) is 72.7 Å². The molecule has 1 amide bonds. The first kappa shape index (κ1) is 19.6. The van der Waals surface area contributed by atoms with Gasteiger partial charge in [0.25, 0.3) is 5.91 Å². The van der Waals surface area contributed by atoms with Crippen molar-refractivity contribution >= 4 is 22.9 Å². The number of nitrogens with zero attached hydrogens (tertiary/aromatic N) is 2. The van der Waals surface area contributed by atoms with Gasteiger partial charge in [-0.05, 0) is 29.5 Å². The number of carbonyl (C=O) groups is 1. The molecule has 0 bridgehead atoms. The lowest BCUT2D eigenvalue weighted by molar-refractivity contribution is -0.385. The summed E-state index contributed by atoms with van der Waals surface area (Å²) in [4.78, 5) is 26.2. The van der Waals surface area contributed by atoms with Crippen molar-refractivity contribution in [3.8, 4) is 5.75 Å². The fourth-order valence-electron chi connectivity index (χ4n) is 2.75. The Morgan fingerprint density at radius 1 is 1.04 bits per heavy atom. The highest BCUT2D eigenvalue weighted by Gasteiger charge is 2.19. The minimum absolute atomic E-state index is 0.0972. The molecule has 0 saturated heterocycles. The molecule has 144 valence electrons. The Bertz CT molecular complexity index is 913. The fraction of sp³-hybridized carbons (Fsp3) is 0.190. The van der Waals surface area contributed by atoms with Crippen LogP contribution in [0.1, 0.15) is 10.4 Å². The second kappa shape index (κ2) is 9.66. The van der Waals surface area contributed by atoms with Crippen molar-refractivity contribution in [3.05, 3.63) is 92.7 Å². The second-order valence-electron chi connectivity index (χ2n) is 6.14. The Kier molecular flexibility index (Phi) is 6.75. The van der Waals surface area contributed by atoms with E-state index in [1.807, 2.05) is 47.8 Å². The van der Waals surface area contributed by atoms with Crippen molar-refractivity contribution in [3.63, 3.8) is 0 Å². The van der Waals surface area contributed by atoms with Gasteiger partial charge in [-0.15, -0.1) is 11.3 Å². The van der Waals surface area contributed by atoms with Crippen molar-refractivity contribution in [2.75, 3.05) is 13.2 Å². The average Bonchev–Trinajstić information content (AvgIpc) is 3.23. The van der Waals surface area contributed by atoms with Gasteiger partial charge in [0.15, 0.2) is 12.4 Å². The third kappa shape index (κ3) is 5.40. The van der Waals surface area contributed by atoms with Gasteiger partial charge in [0.2, 0.25) is 0 Å². The summed E-state index contributed by atoms with van der Waals surface area (Å²) in [6, 6.07) is 19.9. The van der Waals surface area contributed by atoms with Gasteiger partial charge in [0, 0.05) is 17.5 Å². The summed E-state index contributed by atoms with van der Waals surface area (Å²) in [5.41, 5.74) is 0.996. The Morgan fingerprint density at radius 2 is 1.79 bits per heavy atom. The first-order valence-electron chi connectivity index (χ1n) is 8.84. The number of para-hydroxylation sites is 2. The van der Waals surface area contributed by atoms with Gasteiger partial charge < -0.3 is 9.64 Å². The van der Waals surface area contributed by atoms with Crippen molar-refractivity contribution in [2.24, 2.45) is 0 Å². The first-order chi connectivity index (χ1) is 13.6. The van der Waals surface area contributed by atoms with Crippen LogP contribution in [0.5, 0.6) is 5.75 Å². The number of ether oxygens (including phenoxy) is 1. The van der Waals surface area contributed by atoms with Crippen molar-refractivity contribution < 1.29 is 14.5 Å². The van der Waals surface area contributed by atoms with E-state index in [0.29, 0.717) is 13.1 Å². The molecular formula is C21H20N2O4S. The lowest BCUT2D eigenvalue weighted by atomic mass is 10.1. The summed E-state index contributed by atoms with van der Waals surface area (Å²) in [5.74, 6) is -0.109. The molecule has 0 unspecified atom stereocenters. The maximum absolute atomic E-state index is 12.8. The molecule has 0 saturated carbocycles. The van der Waals surface area contributed by atoms with Crippen LogP contribution < -0.4 is 4.74 Å². The molecule has 3 aromatic rings. The molecule has 7 heteroatoms. The molecule has 1 heterocycles. The van der Waals surface area contributed by atoms with Gasteiger partial charge in [-0.1, -0.05) is 48.5 Å². The van der Waals surface area contributed by atoms with Crippen LogP contribution in [-0.2, 0) is 17.8 Å². The fourth-order valence-corrected chi connectivity index (χ4v) is 3.47. The molecule has 3 rings (SSSR count). The number of hydrogen-bond donors (Lipinski definition) is 0.